The van der Waals surface area contributed by atoms with Crippen LogP contribution in [0.5, 0.6) is 0 Å². The van der Waals surface area contributed by atoms with E-state index < -0.39 is 17.6 Å². The number of halogens is 3. The van der Waals surface area contributed by atoms with E-state index >= 15 is 0 Å². The number of benzene rings is 2. The monoisotopic (exact) mass is 540 g/mol. The van der Waals surface area contributed by atoms with Gasteiger partial charge in [-0.1, -0.05) is 11.3 Å². The molecule has 0 aliphatic carbocycles. The number of carbonyl (C=O) groups excluding carboxylic acids is 1. The van der Waals surface area contributed by atoms with Crippen LogP contribution in [0.1, 0.15) is 32.7 Å². The molecule has 2 aromatic heterocycles. The van der Waals surface area contributed by atoms with Crippen molar-refractivity contribution >= 4 is 17.3 Å². The summed E-state index contributed by atoms with van der Waals surface area (Å²) >= 11 is 0. The van der Waals surface area contributed by atoms with Crippen molar-refractivity contribution in [1.82, 2.24) is 30.1 Å². The van der Waals surface area contributed by atoms with Crippen molar-refractivity contribution in [2.75, 3.05) is 37.4 Å². The summed E-state index contributed by atoms with van der Waals surface area (Å²) in [6.45, 7) is 6.31. The van der Waals surface area contributed by atoms with E-state index in [0.29, 0.717) is 30.2 Å². The Balaban J connectivity index is 1.65. The summed E-state index contributed by atoms with van der Waals surface area (Å²) in [5.74, 6) is -0.541. The smallest absolute Gasteiger partial charge is 0.373 e. The van der Waals surface area contributed by atoms with Crippen LogP contribution in [0.4, 0.5) is 24.5 Å². The zero-order valence-corrected chi connectivity index (χ0v) is 22.7. The molecule has 2 heterocycles. The van der Waals surface area contributed by atoms with Gasteiger partial charge < -0.3 is 15.5 Å². The Morgan fingerprint density at radius 1 is 1.13 bits per heavy atom. The third-order valence-electron chi connectivity index (χ3n) is 6.77. The van der Waals surface area contributed by atoms with Crippen LogP contribution in [-0.2, 0) is 13.2 Å². The molecule has 0 saturated heterocycles. The molecule has 0 bridgehead atoms. The number of hydrogen-bond donors (Lipinski definition) is 2. The maximum atomic E-state index is 13.9. The lowest BCUT2D eigenvalue weighted by Gasteiger charge is -2.25. The maximum Gasteiger partial charge on any atom is 0.416 e. The van der Waals surface area contributed by atoms with Crippen molar-refractivity contribution in [3.63, 3.8) is 0 Å². The van der Waals surface area contributed by atoms with Gasteiger partial charge in [-0.05, 0) is 63.2 Å². The molecule has 4 rings (SSSR count). The molecule has 1 amide bonds. The van der Waals surface area contributed by atoms with Gasteiger partial charge in [0.25, 0.3) is 5.91 Å². The van der Waals surface area contributed by atoms with Crippen LogP contribution < -0.4 is 15.5 Å². The Morgan fingerprint density at radius 2 is 1.87 bits per heavy atom. The van der Waals surface area contributed by atoms with Gasteiger partial charge in [-0.2, -0.15) is 18.3 Å². The molecular weight excluding hydrogens is 509 g/mol. The first-order valence-electron chi connectivity index (χ1n) is 12.3. The summed E-state index contributed by atoms with van der Waals surface area (Å²) in [4.78, 5) is 14.9. The number of rotatable bonds is 8. The minimum absolute atomic E-state index is 0.0569. The highest BCUT2D eigenvalue weighted by atomic mass is 19.4. The van der Waals surface area contributed by atoms with Crippen molar-refractivity contribution in [3.8, 4) is 16.9 Å². The Labute approximate surface area is 224 Å². The molecule has 0 spiro atoms. The quantitative estimate of drug-likeness (QED) is 0.342. The number of alkyl halides is 3. The average Bonchev–Trinajstić information content (AvgIpc) is 3.49. The number of hydrogen-bond acceptors (Lipinski definition) is 6. The van der Waals surface area contributed by atoms with Crippen molar-refractivity contribution in [2.24, 2.45) is 7.05 Å². The van der Waals surface area contributed by atoms with Gasteiger partial charge in [0.1, 0.15) is 5.69 Å². The Morgan fingerprint density at radius 3 is 2.51 bits per heavy atom. The van der Waals surface area contributed by atoms with Crippen molar-refractivity contribution in [2.45, 2.75) is 26.9 Å². The molecule has 0 fully saturated rings. The van der Waals surface area contributed by atoms with Crippen molar-refractivity contribution < 1.29 is 18.0 Å². The number of aryl methyl sites for hydroxylation is 2. The summed E-state index contributed by atoms with van der Waals surface area (Å²) in [7, 11) is 5.33. The van der Waals surface area contributed by atoms with Crippen LogP contribution >= 0.6 is 0 Å². The van der Waals surface area contributed by atoms with Crippen LogP contribution in [0.25, 0.3) is 16.9 Å². The fourth-order valence-electron chi connectivity index (χ4n) is 4.32. The van der Waals surface area contributed by atoms with Gasteiger partial charge in [-0.25, -0.2) is 4.68 Å². The molecule has 9 nitrogen and oxygen atoms in total. The van der Waals surface area contributed by atoms with Gasteiger partial charge in [0.15, 0.2) is 0 Å². The van der Waals surface area contributed by atoms with Crippen LogP contribution in [0.15, 0.2) is 42.7 Å². The molecule has 0 radical (unpaired) electrons. The Kier molecular flexibility index (Phi) is 7.77. The molecule has 39 heavy (non-hydrogen) atoms. The predicted molar refractivity (Wildman–Crippen MR) is 144 cm³/mol. The largest absolute Gasteiger partial charge is 0.416 e. The first kappa shape index (κ1) is 27.8. The second kappa shape index (κ2) is 10.9. The molecular formula is C27H31F3N8O. The maximum absolute atomic E-state index is 13.9. The van der Waals surface area contributed by atoms with E-state index in [4.69, 9.17) is 0 Å². The summed E-state index contributed by atoms with van der Waals surface area (Å²) in [5, 5.41) is 18.4. The van der Waals surface area contributed by atoms with E-state index in [1.807, 2.05) is 20.9 Å². The van der Waals surface area contributed by atoms with Crippen LogP contribution in [-0.4, -0.2) is 57.9 Å². The molecule has 0 saturated carbocycles. The van der Waals surface area contributed by atoms with Crippen molar-refractivity contribution in [3.05, 3.63) is 70.7 Å². The molecule has 0 unspecified atom stereocenters. The molecule has 12 heteroatoms. The van der Waals surface area contributed by atoms with Gasteiger partial charge in [-0.3, -0.25) is 9.48 Å². The number of carbonyl (C=O) groups is 1. The molecule has 0 aliphatic heterocycles. The van der Waals surface area contributed by atoms with Gasteiger partial charge in [0.05, 0.1) is 23.6 Å². The third-order valence-corrected chi connectivity index (χ3v) is 6.77. The molecule has 0 aliphatic rings. The molecule has 0 atom stereocenters. The van der Waals surface area contributed by atoms with Gasteiger partial charge in [0.2, 0.25) is 0 Å². The van der Waals surface area contributed by atoms with Crippen LogP contribution in [0.2, 0.25) is 0 Å². The van der Waals surface area contributed by atoms with Crippen LogP contribution in [0, 0.1) is 20.8 Å². The lowest BCUT2D eigenvalue weighted by Crippen LogP contribution is -2.28. The highest BCUT2D eigenvalue weighted by Crippen LogP contribution is 2.38. The highest BCUT2D eigenvalue weighted by Gasteiger charge is 2.34. The number of nitrogens with zero attached hydrogens (tertiary/aromatic N) is 6. The molecule has 4 aromatic rings. The SMILES string of the molecule is CNCCN(C)c1cc(NC(=O)c2ccc(C)c(-n3cc(-c4cnn(C)c4C)nn3)c2)cc(C(F)(F)F)c1C. The topological polar surface area (TPSA) is 92.9 Å². The number of anilines is 2. The van der Waals surface area contributed by atoms with Gasteiger partial charge >= 0.3 is 6.18 Å². The van der Waals surface area contributed by atoms with E-state index in [0.717, 1.165) is 22.9 Å². The molecule has 2 N–H and O–H groups in total. The fourth-order valence-corrected chi connectivity index (χ4v) is 4.32. The number of likely N-dealkylation sites (N-methyl/N-ethyl adjacent to an activating group) is 2. The standard InChI is InChI=1S/C27H31F3N8O/c1-16-7-8-19(11-24(16)38-15-23(34-35-38)21-14-32-37(6)18(21)3)26(39)33-20-12-22(27(28,29)30)17(2)25(13-20)36(5)10-9-31-4/h7-8,11-15,31H,9-10H2,1-6H3,(H,33,39). The van der Waals surface area contributed by atoms with Gasteiger partial charge in [0, 0.05) is 55.4 Å². The van der Waals surface area contributed by atoms with Crippen molar-refractivity contribution in [1.29, 1.82) is 0 Å². The Bertz CT molecular complexity index is 1510. The predicted octanol–water partition coefficient (Wildman–Crippen LogP) is 4.52. The summed E-state index contributed by atoms with van der Waals surface area (Å²) in [6.07, 6.45) is -1.11. The lowest BCUT2D eigenvalue weighted by molar-refractivity contribution is -0.138. The normalized spacial score (nSPS) is 11.6. The van der Waals surface area contributed by atoms with E-state index in [1.165, 1.54) is 6.92 Å². The van der Waals surface area contributed by atoms with E-state index in [-0.39, 0.29) is 16.8 Å². The Hall–Kier alpha value is -4.19. The van der Waals surface area contributed by atoms with E-state index in [9.17, 15) is 18.0 Å². The summed E-state index contributed by atoms with van der Waals surface area (Å²) in [5.41, 5.74) is 3.88. The first-order chi connectivity index (χ1) is 18.4. The summed E-state index contributed by atoms with van der Waals surface area (Å²) in [6, 6.07) is 7.55. The van der Waals surface area contributed by atoms with E-state index in [1.54, 1.807) is 65.0 Å². The number of amides is 1. The fraction of sp³-hybridized carbons (Fsp3) is 0.333. The minimum atomic E-state index is -4.57. The second-order valence-corrected chi connectivity index (χ2v) is 9.46. The first-order valence-corrected chi connectivity index (χ1v) is 12.3. The highest BCUT2D eigenvalue weighted by molar-refractivity contribution is 6.05. The molecule has 2 aromatic carbocycles. The zero-order chi connectivity index (χ0) is 28.5. The summed E-state index contributed by atoms with van der Waals surface area (Å²) < 4.78 is 44.9. The number of nitrogens with one attached hydrogen (secondary N) is 2. The minimum Gasteiger partial charge on any atom is -0.373 e. The lowest BCUT2D eigenvalue weighted by atomic mass is 10.0. The van der Waals surface area contributed by atoms with E-state index in [2.05, 4.69) is 26.0 Å². The average molecular weight is 541 g/mol. The zero-order valence-electron chi connectivity index (χ0n) is 22.7. The third kappa shape index (κ3) is 5.80. The second-order valence-electron chi connectivity index (χ2n) is 9.46. The molecule has 206 valence electrons. The number of aromatic nitrogens is 5. The van der Waals surface area contributed by atoms with Gasteiger partial charge in [-0.15, -0.1) is 5.10 Å². The van der Waals surface area contributed by atoms with Crippen LogP contribution in [0.3, 0.4) is 0 Å².